The van der Waals surface area contributed by atoms with Crippen molar-refractivity contribution in [2.45, 2.75) is 69.1 Å². The number of rotatable bonds is 7. The molecule has 0 unspecified atom stereocenters. The number of aromatic nitrogens is 2. The van der Waals surface area contributed by atoms with E-state index in [4.69, 9.17) is 4.74 Å². The van der Waals surface area contributed by atoms with Crippen molar-refractivity contribution in [1.82, 2.24) is 14.7 Å². The van der Waals surface area contributed by atoms with E-state index in [1.807, 2.05) is 80.7 Å². The van der Waals surface area contributed by atoms with Crippen molar-refractivity contribution in [3.63, 3.8) is 0 Å². The molecule has 1 spiro atoms. The van der Waals surface area contributed by atoms with Crippen LogP contribution >= 0.6 is 15.9 Å². The number of carbonyl (C=O) groups is 2. The number of hydrogen-bond acceptors (Lipinski definition) is 7. The molecule has 3 aliphatic heterocycles. The van der Waals surface area contributed by atoms with Crippen LogP contribution in [0.3, 0.4) is 0 Å². The van der Waals surface area contributed by atoms with Gasteiger partial charge in [-0.3, -0.25) is 14.4 Å². The number of amides is 2. The molecule has 10 nitrogen and oxygen atoms in total. The maximum atomic E-state index is 14.8. The Morgan fingerprint density at radius 1 is 1.10 bits per heavy atom. The second kappa shape index (κ2) is 12.3. The summed E-state index contributed by atoms with van der Waals surface area (Å²) in [4.78, 5) is 56.6. The van der Waals surface area contributed by atoms with E-state index >= 15 is 0 Å². The zero-order valence-electron chi connectivity index (χ0n) is 27.2. The molecular formula is C36H39BrN4O6Si. The average Bonchev–Trinajstić information content (AvgIpc) is 3.72. The molecule has 2 saturated heterocycles. The first kappa shape index (κ1) is 32.8. The normalized spacial score (nSPS) is 25.4. The first-order valence-electron chi connectivity index (χ1n) is 16.4. The summed E-state index contributed by atoms with van der Waals surface area (Å²) >= 11 is 3.60. The molecule has 5 atom stereocenters. The van der Waals surface area contributed by atoms with E-state index in [1.54, 1.807) is 22.1 Å². The lowest BCUT2D eigenvalue weighted by Crippen LogP contribution is -2.46. The fourth-order valence-corrected chi connectivity index (χ4v) is 11.2. The molecule has 250 valence electrons. The number of ether oxygens (including phenoxy) is 1. The van der Waals surface area contributed by atoms with Crippen molar-refractivity contribution in [3.8, 4) is 5.69 Å². The lowest BCUT2D eigenvalue weighted by Gasteiger charge is -2.32. The second-order valence-electron chi connectivity index (χ2n) is 13.8. The molecule has 3 aromatic carbocycles. The fourth-order valence-electron chi connectivity index (χ4n) is 8.25. The van der Waals surface area contributed by atoms with Crippen LogP contribution < -0.4 is 10.5 Å². The molecule has 0 saturated carbocycles. The van der Waals surface area contributed by atoms with E-state index < -0.39 is 25.9 Å². The number of carbonyl (C=O) groups excluding carboxylic acids is 2. The van der Waals surface area contributed by atoms with Gasteiger partial charge in [0.1, 0.15) is 0 Å². The SMILES string of the molecule is C[C@H]1[C@H]([Si](C)(C)O)[C@@H](CC(=O)N2CCC[C@H]2CO)O[C@]12C(=O)N(Cc1ccc(-n3ncc4ccccc4c3=O)cc1)c1ccc(Br)cc12. The zero-order chi connectivity index (χ0) is 34.0. The smallest absolute Gasteiger partial charge is 0.279 e. The number of likely N-dealkylation sites (tertiary alicyclic amines) is 1. The first-order chi connectivity index (χ1) is 22.9. The number of halogens is 1. The quantitative estimate of drug-likeness (QED) is 0.260. The largest absolute Gasteiger partial charge is 0.432 e. The monoisotopic (exact) mass is 730 g/mol. The van der Waals surface area contributed by atoms with Crippen LogP contribution in [0.15, 0.2) is 82.2 Å². The first-order valence-corrected chi connectivity index (χ1v) is 20.2. The predicted octanol–water partition coefficient (Wildman–Crippen LogP) is 4.87. The van der Waals surface area contributed by atoms with E-state index in [0.29, 0.717) is 23.2 Å². The highest BCUT2D eigenvalue weighted by atomic mass is 79.9. The number of nitrogens with zero attached hydrogens (tertiary/aromatic N) is 4. The van der Waals surface area contributed by atoms with Crippen LogP contribution in [-0.4, -0.2) is 70.0 Å². The van der Waals surface area contributed by atoms with Gasteiger partial charge in [0.15, 0.2) is 13.9 Å². The van der Waals surface area contributed by atoms with Gasteiger partial charge in [0.05, 0.1) is 54.7 Å². The van der Waals surface area contributed by atoms with Gasteiger partial charge in [0.25, 0.3) is 11.5 Å². The van der Waals surface area contributed by atoms with Crippen molar-refractivity contribution in [3.05, 3.63) is 98.9 Å². The number of benzene rings is 3. The van der Waals surface area contributed by atoms with Crippen LogP contribution in [0.2, 0.25) is 18.6 Å². The topological polar surface area (TPSA) is 125 Å². The Balaban J connectivity index is 1.21. The summed E-state index contributed by atoms with van der Waals surface area (Å²) in [6.45, 7) is 6.39. The summed E-state index contributed by atoms with van der Waals surface area (Å²) in [5.41, 5.74) is 0.911. The molecule has 0 aliphatic carbocycles. The molecule has 4 aromatic rings. The minimum Gasteiger partial charge on any atom is -0.432 e. The van der Waals surface area contributed by atoms with Gasteiger partial charge in [-0.15, -0.1) is 0 Å². The number of aliphatic hydroxyl groups is 1. The molecule has 4 heterocycles. The third-order valence-corrected chi connectivity index (χ3v) is 13.4. The zero-order valence-corrected chi connectivity index (χ0v) is 29.8. The average molecular weight is 732 g/mol. The Bertz CT molecular complexity index is 1960. The van der Waals surface area contributed by atoms with Gasteiger partial charge in [0.2, 0.25) is 5.91 Å². The summed E-state index contributed by atoms with van der Waals surface area (Å²) in [5.74, 6) is -0.763. The fraction of sp³-hybridized carbons (Fsp3) is 0.389. The van der Waals surface area contributed by atoms with Crippen molar-refractivity contribution < 1.29 is 24.2 Å². The molecular weight excluding hydrogens is 692 g/mol. The highest BCUT2D eigenvalue weighted by Crippen LogP contribution is 2.60. The molecule has 0 radical (unpaired) electrons. The van der Waals surface area contributed by atoms with Crippen LogP contribution in [0.4, 0.5) is 5.69 Å². The van der Waals surface area contributed by atoms with Crippen LogP contribution in [0, 0.1) is 5.92 Å². The van der Waals surface area contributed by atoms with Crippen molar-refractivity contribution in [1.29, 1.82) is 0 Å². The van der Waals surface area contributed by atoms with Crippen molar-refractivity contribution in [2.75, 3.05) is 18.1 Å². The van der Waals surface area contributed by atoms with Gasteiger partial charge >= 0.3 is 0 Å². The van der Waals surface area contributed by atoms with Crippen molar-refractivity contribution >= 4 is 52.5 Å². The number of anilines is 1. The predicted molar refractivity (Wildman–Crippen MR) is 188 cm³/mol. The highest BCUT2D eigenvalue weighted by Gasteiger charge is 2.66. The molecule has 0 bridgehead atoms. The van der Waals surface area contributed by atoms with Crippen molar-refractivity contribution in [2.24, 2.45) is 5.92 Å². The van der Waals surface area contributed by atoms with Crippen LogP contribution in [-0.2, 0) is 26.5 Å². The Morgan fingerprint density at radius 2 is 1.85 bits per heavy atom. The Morgan fingerprint density at radius 3 is 2.58 bits per heavy atom. The second-order valence-corrected chi connectivity index (χ2v) is 18.7. The summed E-state index contributed by atoms with van der Waals surface area (Å²) in [6.07, 6.45) is 2.62. The Labute approximate surface area is 288 Å². The summed E-state index contributed by atoms with van der Waals surface area (Å²) in [6, 6.07) is 20.2. The van der Waals surface area contributed by atoms with E-state index in [2.05, 4.69) is 21.0 Å². The Hall–Kier alpha value is -3.68. The minimum atomic E-state index is -2.96. The molecule has 2 N–H and O–H groups in total. The third-order valence-electron chi connectivity index (χ3n) is 10.4. The van der Waals surface area contributed by atoms with Gasteiger partial charge < -0.3 is 24.4 Å². The van der Waals surface area contributed by atoms with Gasteiger partial charge in [-0.25, -0.2) is 0 Å². The van der Waals surface area contributed by atoms with Gasteiger partial charge in [-0.2, -0.15) is 9.78 Å². The maximum absolute atomic E-state index is 14.8. The number of aliphatic hydroxyl groups excluding tert-OH is 1. The number of fused-ring (bicyclic) bond motifs is 3. The maximum Gasteiger partial charge on any atom is 0.279 e. The Kier molecular flexibility index (Phi) is 8.44. The molecule has 1 aromatic heterocycles. The molecule has 48 heavy (non-hydrogen) atoms. The van der Waals surface area contributed by atoms with Crippen LogP contribution in [0.5, 0.6) is 0 Å². The standard InChI is InChI=1S/C36H39BrN4O6Si/c1-22-33(48(2,3)46)31(18-32(43)39-16-6-8-27(39)21-42)47-36(22)29-17-25(37)12-15-30(29)40(35(36)45)20-23-10-13-26(14-11-23)41-34(44)28-9-5-4-7-24(28)19-38-41/h4-5,7,9-15,17,19,22,27,31,33,42,46H,6,8,16,18,20-21H2,1-3H3/t22-,27-,31+,33-,36+/m0/s1. The van der Waals surface area contributed by atoms with Crippen LogP contribution in [0.1, 0.15) is 37.3 Å². The summed E-state index contributed by atoms with van der Waals surface area (Å²) in [7, 11) is -2.96. The third kappa shape index (κ3) is 5.34. The highest BCUT2D eigenvalue weighted by molar-refractivity contribution is 9.10. The molecule has 12 heteroatoms. The van der Waals surface area contributed by atoms with Crippen LogP contribution in [0.25, 0.3) is 16.5 Å². The molecule has 3 aliphatic rings. The summed E-state index contributed by atoms with van der Waals surface area (Å²) in [5, 5.41) is 15.6. The minimum absolute atomic E-state index is 0.0322. The van der Waals surface area contributed by atoms with Gasteiger partial charge in [-0.1, -0.05) is 53.2 Å². The summed E-state index contributed by atoms with van der Waals surface area (Å²) < 4.78 is 9.02. The lowest BCUT2D eigenvalue weighted by atomic mass is 9.82. The van der Waals surface area contributed by atoms with E-state index in [9.17, 15) is 24.3 Å². The van der Waals surface area contributed by atoms with Gasteiger partial charge in [-0.05, 0) is 67.9 Å². The lowest BCUT2D eigenvalue weighted by molar-refractivity contribution is -0.150. The number of hydrogen-bond donors (Lipinski definition) is 2. The molecule has 2 fully saturated rings. The van der Waals surface area contributed by atoms with E-state index in [0.717, 1.165) is 34.0 Å². The molecule has 7 rings (SSSR count). The molecule has 2 amide bonds. The van der Waals surface area contributed by atoms with E-state index in [-0.39, 0.29) is 48.5 Å². The van der Waals surface area contributed by atoms with E-state index in [1.165, 1.54) is 4.68 Å². The van der Waals surface area contributed by atoms with Gasteiger partial charge in [0, 0.05) is 33.4 Å².